The van der Waals surface area contributed by atoms with Crippen LogP contribution in [0.15, 0.2) is 103 Å². The van der Waals surface area contributed by atoms with Crippen molar-refractivity contribution in [1.29, 1.82) is 0 Å². The second kappa shape index (κ2) is 12.3. The number of carbonyl (C=O) groups is 4. The fraction of sp³-hybridized carbons (Fsp3) is 0.200. The number of esters is 3. The Morgan fingerprint density at radius 1 is 0.750 bits per heavy atom. The summed E-state index contributed by atoms with van der Waals surface area (Å²) in [5, 5.41) is 2.67. The molecule has 0 spiro atoms. The Labute approximate surface area is 230 Å². The van der Waals surface area contributed by atoms with E-state index in [1.54, 1.807) is 97.1 Å². The van der Waals surface area contributed by atoms with Gasteiger partial charge in [0.25, 0.3) is 0 Å². The second-order valence-corrected chi connectivity index (χ2v) is 8.98. The van der Waals surface area contributed by atoms with Crippen molar-refractivity contribution in [2.24, 2.45) is 0 Å². The molecule has 1 fully saturated rings. The number of rotatable bonds is 8. The molecular weight excluding hydrogens is 516 g/mol. The molecule has 40 heavy (non-hydrogen) atoms. The van der Waals surface area contributed by atoms with Gasteiger partial charge in [-0.3, -0.25) is 4.90 Å². The zero-order valence-electron chi connectivity index (χ0n) is 21.3. The summed E-state index contributed by atoms with van der Waals surface area (Å²) in [5.41, 5.74) is 0.835. The zero-order chi connectivity index (χ0) is 27.9. The predicted octanol–water partition coefficient (Wildman–Crippen LogP) is 3.56. The Kier molecular flexibility index (Phi) is 8.17. The lowest BCUT2D eigenvalue weighted by Crippen LogP contribution is -2.52. The van der Waals surface area contributed by atoms with E-state index < -0.39 is 48.5 Å². The van der Waals surface area contributed by atoms with Gasteiger partial charge in [-0.25, -0.2) is 19.2 Å². The van der Waals surface area contributed by atoms with Gasteiger partial charge in [0.05, 0.1) is 16.7 Å². The molecule has 2 heterocycles. The topological polar surface area (TPSA) is 120 Å². The second-order valence-electron chi connectivity index (χ2n) is 8.98. The van der Waals surface area contributed by atoms with Crippen LogP contribution in [0.4, 0.5) is 4.79 Å². The lowest BCUT2D eigenvalue weighted by atomic mass is 10.1. The van der Waals surface area contributed by atoms with E-state index in [4.69, 9.17) is 18.9 Å². The molecule has 204 valence electrons. The third-order valence-electron chi connectivity index (χ3n) is 6.32. The molecule has 3 aromatic rings. The van der Waals surface area contributed by atoms with Gasteiger partial charge in [-0.2, -0.15) is 0 Å². The van der Waals surface area contributed by atoms with Gasteiger partial charge in [-0.05, 0) is 42.5 Å². The van der Waals surface area contributed by atoms with E-state index in [0.29, 0.717) is 12.1 Å². The highest BCUT2D eigenvalue weighted by atomic mass is 16.7. The monoisotopic (exact) mass is 542 g/mol. The lowest BCUT2D eigenvalue weighted by molar-refractivity contribution is -0.0730. The summed E-state index contributed by atoms with van der Waals surface area (Å²) < 4.78 is 23.3. The molecule has 1 N–H and O–H groups in total. The Balaban J connectivity index is 1.45. The quantitative estimate of drug-likeness (QED) is 0.339. The van der Waals surface area contributed by atoms with Gasteiger partial charge in [0.1, 0.15) is 12.7 Å². The molecular formula is C30H26N2O8. The molecule has 0 saturated carbocycles. The number of urea groups is 1. The summed E-state index contributed by atoms with van der Waals surface area (Å²) in [4.78, 5) is 52.9. The Bertz CT molecular complexity index is 1380. The minimum absolute atomic E-state index is 0.256. The molecule has 0 unspecified atom stereocenters. The first kappa shape index (κ1) is 26.6. The van der Waals surface area contributed by atoms with Crippen molar-refractivity contribution in [2.75, 3.05) is 13.2 Å². The molecule has 2 amide bonds. The van der Waals surface area contributed by atoms with Crippen molar-refractivity contribution in [1.82, 2.24) is 10.2 Å². The highest BCUT2D eigenvalue weighted by Gasteiger charge is 2.53. The zero-order valence-corrected chi connectivity index (χ0v) is 21.3. The van der Waals surface area contributed by atoms with Gasteiger partial charge in [0, 0.05) is 12.7 Å². The van der Waals surface area contributed by atoms with Gasteiger partial charge in [-0.1, -0.05) is 54.6 Å². The minimum Gasteiger partial charge on any atom is -0.459 e. The van der Waals surface area contributed by atoms with Crippen LogP contribution in [0.1, 0.15) is 31.1 Å². The fourth-order valence-corrected chi connectivity index (χ4v) is 4.35. The maximum atomic E-state index is 13.1. The van der Waals surface area contributed by atoms with E-state index in [2.05, 4.69) is 5.32 Å². The average molecular weight is 543 g/mol. The molecule has 0 aliphatic carbocycles. The number of amides is 2. The largest absolute Gasteiger partial charge is 0.459 e. The first-order chi connectivity index (χ1) is 19.5. The van der Waals surface area contributed by atoms with Gasteiger partial charge < -0.3 is 24.3 Å². The standard InChI is InChI=1S/C30H26N2O8/c33-27(20-11-4-1-5-12-20)37-19-23-24(39-28(34)21-13-6-2-7-14-21)25(40-29(35)22-15-8-3-9-16-22)26(38-23)32-18-10-17-31-30(32)36/h1-16,18,23-26H,17,19H2,(H,31,36)/t23-,24-,25-,26-/m1/s1. The van der Waals surface area contributed by atoms with Gasteiger partial charge in [0.2, 0.25) is 0 Å². The van der Waals surface area contributed by atoms with E-state index in [-0.39, 0.29) is 17.7 Å². The Hall–Kier alpha value is -4.96. The summed E-state index contributed by atoms with van der Waals surface area (Å²) in [6.07, 6.45) is -1.54. The van der Waals surface area contributed by atoms with Gasteiger partial charge >= 0.3 is 23.9 Å². The molecule has 4 atom stereocenters. The number of ether oxygens (including phenoxy) is 4. The maximum absolute atomic E-state index is 13.1. The maximum Gasteiger partial charge on any atom is 0.338 e. The van der Waals surface area contributed by atoms with Crippen LogP contribution in [0.25, 0.3) is 0 Å². The van der Waals surface area contributed by atoms with Crippen LogP contribution in [0, 0.1) is 0 Å². The number of benzene rings is 3. The SMILES string of the molecule is O=C(OC[C@H]1O[C@@H](N2C=CCNC2=O)[C@H](OC(=O)c2ccccc2)[C@@H]1OC(=O)c1ccccc1)c1ccccc1. The molecule has 3 aromatic carbocycles. The van der Waals surface area contributed by atoms with Crippen molar-refractivity contribution in [2.45, 2.75) is 24.5 Å². The van der Waals surface area contributed by atoms with Crippen LogP contribution in [0.3, 0.4) is 0 Å². The molecule has 2 aliphatic heterocycles. The van der Waals surface area contributed by atoms with Gasteiger partial charge in [-0.15, -0.1) is 0 Å². The van der Waals surface area contributed by atoms with E-state index in [1.165, 1.54) is 11.1 Å². The molecule has 0 aromatic heterocycles. The summed E-state index contributed by atoms with van der Waals surface area (Å²) in [5.74, 6) is -2.02. The minimum atomic E-state index is -1.26. The average Bonchev–Trinajstić information content (AvgIpc) is 3.33. The van der Waals surface area contributed by atoms with Crippen LogP contribution in [0.2, 0.25) is 0 Å². The number of nitrogens with one attached hydrogen (secondary N) is 1. The number of carbonyl (C=O) groups excluding carboxylic acids is 4. The molecule has 0 bridgehead atoms. The van der Waals surface area contributed by atoms with Crippen molar-refractivity contribution < 1.29 is 38.1 Å². The van der Waals surface area contributed by atoms with Crippen molar-refractivity contribution in [3.05, 3.63) is 120 Å². The van der Waals surface area contributed by atoms with E-state index in [0.717, 1.165) is 0 Å². The highest BCUT2D eigenvalue weighted by Crippen LogP contribution is 2.32. The first-order valence-electron chi connectivity index (χ1n) is 12.6. The molecule has 2 aliphatic rings. The Morgan fingerprint density at radius 3 is 1.77 bits per heavy atom. The molecule has 1 saturated heterocycles. The van der Waals surface area contributed by atoms with Crippen LogP contribution < -0.4 is 5.32 Å². The number of nitrogens with zero attached hydrogens (tertiary/aromatic N) is 1. The predicted molar refractivity (Wildman–Crippen MR) is 141 cm³/mol. The smallest absolute Gasteiger partial charge is 0.338 e. The summed E-state index contributed by atoms with van der Waals surface area (Å²) in [7, 11) is 0. The number of hydrogen-bond donors (Lipinski definition) is 1. The van der Waals surface area contributed by atoms with E-state index >= 15 is 0 Å². The van der Waals surface area contributed by atoms with E-state index in [1.807, 2.05) is 0 Å². The summed E-state index contributed by atoms with van der Waals surface area (Å²) in [6.45, 7) is -0.0312. The third kappa shape index (κ3) is 6.02. The fourth-order valence-electron chi connectivity index (χ4n) is 4.35. The van der Waals surface area contributed by atoms with Crippen molar-refractivity contribution in [3.63, 3.8) is 0 Å². The van der Waals surface area contributed by atoms with Crippen LogP contribution in [-0.2, 0) is 18.9 Å². The van der Waals surface area contributed by atoms with Crippen LogP contribution in [-0.4, -0.2) is 66.5 Å². The molecule has 10 heteroatoms. The lowest BCUT2D eigenvalue weighted by Gasteiger charge is -2.31. The van der Waals surface area contributed by atoms with Crippen LogP contribution in [0.5, 0.6) is 0 Å². The van der Waals surface area contributed by atoms with Gasteiger partial charge in [0.15, 0.2) is 18.4 Å². The normalized spacial score (nSPS) is 21.8. The molecule has 5 rings (SSSR count). The summed E-state index contributed by atoms with van der Waals surface area (Å²) >= 11 is 0. The summed E-state index contributed by atoms with van der Waals surface area (Å²) in [6, 6.07) is 24.4. The van der Waals surface area contributed by atoms with Crippen LogP contribution >= 0.6 is 0 Å². The van der Waals surface area contributed by atoms with Crippen molar-refractivity contribution in [3.8, 4) is 0 Å². The molecule has 0 radical (unpaired) electrons. The Morgan fingerprint density at radius 2 is 1.25 bits per heavy atom. The van der Waals surface area contributed by atoms with Crippen molar-refractivity contribution >= 4 is 23.9 Å². The number of hydrogen-bond acceptors (Lipinski definition) is 8. The third-order valence-corrected chi connectivity index (χ3v) is 6.32. The molecule has 10 nitrogen and oxygen atoms in total. The first-order valence-corrected chi connectivity index (χ1v) is 12.6. The van der Waals surface area contributed by atoms with E-state index in [9.17, 15) is 19.2 Å². The highest BCUT2D eigenvalue weighted by molar-refractivity contribution is 5.91.